The summed E-state index contributed by atoms with van der Waals surface area (Å²) in [5.41, 5.74) is 0.393. The van der Waals surface area contributed by atoms with Crippen molar-refractivity contribution >= 4 is 11.7 Å². The number of nitrogens with one attached hydrogen (secondary N) is 2. The summed E-state index contributed by atoms with van der Waals surface area (Å²) in [4.78, 5) is 11.4. The van der Waals surface area contributed by atoms with E-state index < -0.39 is 11.8 Å². The van der Waals surface area contributed by atoms with E-state index in [0.717, 1.165) is 0 Å². The van der Waals surface area contributed by atoms with Gasteiger partial charge in [0.05, 0.1) is 6.04 Å². The van der Waals surface area contributed by atoms with Gasteiger partial charge >= 0.3 is 6.03 Å². The number of benzene rings is 1. The zero-order chi connectivity index (χ0) is 12.0. The minimum Gasteiger partial charge on any atom is -0.324 e. The van der Waals surface area contributed by atoms with Gasteiger partial charge < -0.3 is 10.6 Å². The summed E-state index contributed by atoms with van der Waals surface area (Å²) in [5, 5.41) is 5.07. The highest BCUT2D eigenvalue weighted by Gasteiger charge is 2.07. The van der Waals surface area contributed by atoms with Gasteiger partial charge in [-0.2, -0.15) is 0 Å². The number of terminal acetylenes is 1. The Morgan fingerprint density at radius 3 is 2.94 bits per heavy atom. The van der Waals surface area contributed by atoms with Crippen molar-refractivity contribution in [3.63, 3.8) is 0 Å². The van der Waals surface area contributed by atoms with Crippen LogP contribution in [0, 0.1) is 18.2 Å². The number of amides is 2. The number of hydrogen-bond acceptors (Lipinski definition) is 1. The van der Waals surface area contributed by atoms with Crippen LogP contribution in [0.1, 0.15) is 13.3 Å². The standard InChI is InChI=1S/C12H13FN2O/c1-3-10(4-2)14-12(16)15-11-7-5-6-9(13)8-11/h1,5-8,10H,4H2,2H3,(H2,14,15,16). The molecule has 0 aliphatic rings. The van der Waals surface area contributed by atoms with Crippen LogP contribution in [0.25, 0.3) is 0 Å². The Balaban J connectivity index is 2.55. The van der Waals surface area contributed by atoms with Gasteiger partial charge in [-0.1, -0.05) is 18.9 Å². The lowest BCUT2D eigenvalue weighted by Crippen LogP contribution is -2.36. The summed E-state index contributed by atoms with van der Waals surface area (Å²) in [6, 6.07) is 4.91. The Kier molecular flexibility index (Phi) is 4.34. The molecule has 84 valence electrons. The minimum absolute atomic E-state index is 0.312. The average Bonchev–Trinajstić information content (AvgIpc) is 2.26. The fourth-order valence-corrected chi connectivity index (χ4v) is 1.15. The summed E-state index contributed by atoms with van der Waals surface area (Å²) in [7, 11) is 0. The second-order valence-corrected chi connectivity index (χ2v) is 3.24. The van der Waals surface area contributed by atoms with Gasteiger partial charge in [0.1, 0.15) is 5.82 Å². The Labute approximate surface area is 94.0 Å². The molecular formula is C12H13FN2O. The molecule has 0 aliphatic heterocycles. The maximum Gasteiger partial charge on any atom is 0.320 e. The van der Waals surface area contributed by atoms with Crippen molar-refractivity contribution in [3.05, 3.63) is 30.1 Å². The zero-order valence-corrected chi connectivity index (χ0v) is 8.96. The predicted octanol–water partition coefficient (Wildman–Crippen LogP) is 2.36. The Bertz CT molecular complexity index is 412. The van der Waals surface area contributed by atoms with Crippen LogP contribution < -0.4 is 10.6 Å². The zero-order valence-electron chi connectivity index (χ0n) is 8.96. The number of urea groups is 1. The fourth-order valence-electron chi connectivity index (χ4n) is 1.15. The Morgan fingerprint density at radius 1 is 1.62 bits per heavy atom. The van der Waals surface area contributed by atoms with Crippen LogP contribution in [0.15, 0.2) is 24.3 Å². The van der Waals surface area contributed by atoms with Gasteiger partial charge in [0.2, 0.25) is 0 Å². The maximum atomic E-state index is 12.8. The third-order valence-corrected chi connectivity index (χ3v) is 2.00. The normalized spacial score (nSPS) is 11.3. The van der Waals surface area contributed by atoms with Crippen molar-refractivity contribution < 1.29 is 9.18 Å². The van der Waals surface area contributed by atoms with Gasteiger partial charge in [-0.05, 0) is 24.6 Å². The second-order valence-electron chi connectivity index (χ2n) is 3.24. The van der Waals surface area contributed by atoms with Crippen LogP contribution in [-0.2, 0) is 0 Å². The molecule has 1 rings (SSSR count). The average molecular weight is 220 g/mol. The molecule has 0 radical (unpaired) electrons. The van der Waals surface area contributed by atoms with Crippen LogP contribution in [0.3, 0.4) is 0 Å². The molecule has 1 atom stereocenters. The van der Waals surface area contributed by atoms with Gasteiger partial charge in [0.25, 0.3) is 0 Å². The minimum atomic E-state index is -0.435. The molecule has 0 aliphatic carbocycles. The van der Waals surface area contributed by atoms with E-state index in [0.29, 0.717) is 12.1 Å². The summed E-state index contributed by atoms with van der Waals surface area (Å²) < 4.78 is 12.8. The third-order valence-electron chi connectivity index (χ3n) is 2.00. The van der Waals surface area contributed by atoms with Crippen molar-refractivity contribution in [3.8, 4) is 12.3 Å². The van der Waals surface area contributed by atoms with E-state index >= 15 is 0 Å². The first kappa shape index (κ1) is 12.1. The summed E-state index contributed by atoms with van der Waals surface area (Å²) >= 11 is 0. The lowest BCUT2D eigenvalue weighted by molar-refractivity contribution is 0.250. The number of carbonyl (C=O) groups is 1. The highest BCUT2D eigenvalue weighted by atomic mass is 19.1. The van der Waals surface area contributed by atoms with Gasteiger partial charge in [-0.25, -0.2) is 9.18 Å². The Hall–Kier alpha value is -2.02. The molecule has 1 aromatic carbocycles. The van der Waals surface area contributed by atoms with E-state index in [9.17, 15) is 9.18 Å². The van der Waals surface area contributed by atoms with Crippen molar-refractivity contribution in [1.29, 1.82) is 0 Å². The van der Waals surface area contributed by atoms with E-state index in [2.05, 4.69) is 16.6 Å². The summed E-state index contributed by atoms with van der Waals surface area (Å²) in [5.74, 6) is 2.03. The monoisotopic (exact) mass is 220 g/mol. The molecule has 2 amide bonds. The molecule has 0 heterocycles. The lowest BCUT2D eigenvalue weighted by atomic mass is 10.2. The van der Waals surface area contributed by atoms with Crippen LogP contribution in [0.4, 0.5) is 14.9 Å². The summed E-state index contributed by atoms with van der Waals surface area (Å²) in [6.45, 7) is 1.87. The molecule has 4 heteroatoms. The molecule has 3 nitrogen and oxygen atoms in total. The highest BCUT2D eigenvalue weighted by Crippen LogP contribution is 2.08. The largest absolute Gasteiger partial charge is 0.324 e. The van der Waals surface area contributed by atoms with Crippen LogP contribution in [0.2, 0.25) is 0 Å². The second kappa shape index (κ2) is 5.76. The maximum absolute atomic E-state index is 12.8. The molecule has 1 unspecified atom stereocenters. The highest BCUT2D eigenvalue weighted by molar-refractivity contribution is 5.89. The Morgan fingerprint density at radius 2 is 2.38 bits per heavy atom. The quantitative estimate of drug-likeness (QED) is 0.754. The first-order valence-corrected chi connectivity index (χ1v) is 4.95. The van der Waals surface area contributed by atoms with Crippen molar-refractivity contribution in [2.45, 2.75) is 19.4 Å². The lowest BCUT2D eigenvalue weighted by Gasteiger charge is -2.11. The van der Waals surface area contributed by atoms with E-state index in [1.165, 1.54) is 18.2 Å². The molecular weight excluding hydrogens is 207 g/mol. The smallest absolute Gasteiger partial charge is 0.320 e. The summed E-state index contributed by atoms with van der Waals surface area (Å²) in [6.07, 6.45) is 5.84. The van der Waals surface area contributed by atoms with E-state index in [-0.39, 0.29) is 6.04 Å². The van der Waals surface area contributed by atoms with Crippen LogP contribution in [-0.4, -0.2) is 12.1 Å². The van der Waals surface area contributed by atoms with E-state index in [1.807, 2.05) is 6.92 Å². The van der Waals surface area contributed by atoms with Gasteiger partial charge in [-0.3, -0.25) is 0 Å². The fraction of sp³-hybridized carbons (Fsp3) is 0.250. The number of carbonyl (C=O) groups excluding carboxylic acids is 1. The third kappa shape index (κ3) is 3.62. The molecule has 2 N–H and O–H groups in total. The molecule has 16 heavy (non-hydrogen) atoms. The first-order chi connectivity index (χ1) is 7.65. The molecule has 0 saturated carbocycles. The predicted molar refractivity (Wildman–Crippen MR) is 61.5 cm³/mol. The molecule has 1 aromatic rings. The van der Waals surface area contributed by atoms with E-state index in [4.69, 9.17) is 6.42 Å². The molecule has 0 saturated heterocycles. The SMILES string of the molecule is C#CC(CC)NC(=O)Nc1cccc(F)c1. The molecule has 0 aromatic heterocycles. The van der Waals surface area contributed by atoms with Gasteiger partial charge in [-0.15, -0.1) is 6.42 Å². The van der Waals surface area contributed by atoms with Gasteiger partial charge in [0.15, 0.2) is 0 Å². The van der Waals surface area contributed by atoms with E-state index in [1.54, 1.807) is 6.07 Å². The number of halogens is 1. The molecule has 0 spiro atoms. The number of anilines is 1. The number of rotatable bonds is 3. The van der Waals surface area contributed by atoms with Gasteiger partial charge in [0, 0.05) is 5.69 Å². The van der Waals surface area contributed by atoms with Crippen molar-refractivity contribution in [2.75, 3.05) is 5.32 Å². The molecule has 0 bridgehead atoms. The van der Waals surface area contributed by atoms with Crippen molar-refractivity contribution in [1.82, 2.24) is 5.32 Å². The van der Waals surface area contributed by atoms with Crippen LogP contribution >= 0.6 is 0 Å². The topological polar surface area (TPSA) is 41.1 Å². The van der Waals surface area contributed by atoms with Crippen LogP contribution in [0.5, 0.6) is 0 Å². The first-order valence-electron chi connectivity index (χ1n) is 4.95. The molecule has 0 fully saturated rings. The number of hydrogen-bond donors (Lipinski definition) is 2. The van der Waals surface area contributed by atoms with Crippen molar-refractivity contribution in [2.24, 2.45) is 0 Å².